The van der Waals surface area contributed by atoms with Crippen molar-refractivity contribution >= 4 is 47.4 Å². The molecule has 0 aliphatic heterocycles. The van der Waals surface area contributed by atoms with E-state index in [0.717, 1.165) is 0 Å². The van der Waals surface area contributed by atoms with Crippen LogP contribution in [0.15, 0.2) is 36.4 Å². The lowest BCUT2D eigenvalue weighted by Gasteiger charge is -2.15. The third-order valence-corrected chi connectivity index (χ3v) is 6.62. The summed E-state index contributed by atoms with van der Waals surface area (Å²) in [4.78, 5) is 66.0. The van der Waals surface area contributed by atoms with Crippen LogP contribution >= 0.6 is 7.60 Å². The number of carbonyl (C=O) groups is 3. The smallest absolute Gasteiger partial charge is 0.328 e. The van der Waals surface area contributed by atoms with E-state index in [4.69, 9.17) is 15.5 Å². The van der Waals surface area contributed by atoms with Crippen molar-refractivity contribution in [1.29, 1.82) is 0 Å². The van der Waals surface area contributed by atoms with Gasteiger partial charge in [-0.2, -0.15) is 0 Å². The number of hydrogen-bond acceptors (Lipinski definition) is 6. The molecule has 7 N–H and O–H groups in total. The van der Waals surface area contributed by atoms with Gasteiger partial charge in [0.15, 0.2) is 0 Å². The number of aromatic amines is 1. The number of nitrogens with zero attached hydrogens (tertiary/aromatic N) is 3. The Bertz CT molecular complexity index is 1570. The van der Waals surface area contributed by atoms with Gasteiger partial charge in [-0.3, -0.25) is 14.2 Å². The number of nitrogens with two attached hydrogens (primary N) is 1. The van der Waals surface area contributed by atoms with Crippen molar-refractivity contribution in [3.05, 3.63) is 59.2 Å². The molecule has 0 spiro atoms. The quantitative estimate of drug-likeness (QED) is 0.185. The van der Waals surface area contributed by atoms with Gasteiger partial charge in [0.25, 0.3) is 5.91 Å². The van der Waals surface area contributed by atoms with Gasteiger partial charge in [0, 0.05) is 18.2 Å². The number of carboxylic acids is 1. The van der Waals surface area contributed by atoms with Gasteiger partial charge < -0.3 is 35.5 Å². The van der Waals surface area contributed by atoms with E-state index >= 15 is 0 Å². The summed E-state index contributed by atoms with van der Waals surface area (Å²) >= 11 is 0. The van der Waals surface area contributed by atoms with E-state index in [1.165, 1.54) is 12.1 Å². The molecule has 0 fully saturated rings. The molecule has 14 heteroatoms. The molecule has 36 heavy (non-hydrogen) atoms. The minimum Gasteiger partial charge on any atom is -0.480 e. The number of aromatic nitrogens is 4. The highest BCUT2D eigenvalue weighted by Gasteiger charge is 2.29. The molecule has 0 saturated carbocycles. The SMILES string of the molecule is CC(c1nc2ccc(C(N)=O)cc2[nH]1)c1nc2ccc(C(=O)NC(CP(=O)(O)O)C(=O)O)cc2n1C. The molecule has 2 aromatic heterocycles. The van der Waals surface area contributed by atoms with Crippen LogP contribution in [0.4, 0.5) is 0 Å². The maximum absolute atomic E-state index is 12.6. The Kier molecular flexibility index (Phi) is 6.39. The summed E-state index contributed by atoms with van der Waals surface area (Å²) in [5.74, 6) is -1.97. The zero-order chi connectivity index (χ0) is 26.4. The van der Waals surface area contributed by atoms with Crippen molar-refractivity contribution in [2.75, 3.05) is 6.16 Å². The van der Waals surface area contributed by atoms with Gasteiger partial charge in [0.05, 0.1) is 34.1 Å². The first-order chi connectivity index (χ1) is 16.8. The van der Waals surface area contributed by atoms with Gasteiger partial charge in [-0.15, -0.1) is 0 Å². The molecule has 4 aromatic rings. The van der Waals surface area contributed by atoms with E-state index in [1.807, 2.05) is 6.92 Å². The zero-order valence-corrected chi connectivity index (χ0v) is 20.1. The minimum atomic E-state index is -4.67. The highest BCUT2D eigenvalue weighted by Crippen LogP contribution is 2.35. The zero-order valence-electron chi connectivity index (χ0n) is 19.2. The van der Waals surface area contributed by atoms with Crippen molar-refractivity contribution in [2.45, 2.75) is 18.9 Å². The third-order valence-electron chi connectivity index (χ3n) is 5.78. The predicted octanol–water partition coefficient (Wildman–Crippen LogP) is 1.06. The summed E-state index contributed by atoms with van der Waals surface area (Å²) < 4.78 is 13.0. The maximum Gasteiger partial charge on any atom is 0.328 e. The number of primary amides is 1. The minimum absolute atomic E-state index is 0.101. The van der Waals surface area contributed by atoms with Gasteiger partial charge in [0.2, 0.25) is 5.91 Å². The second-order valence-electron chi connectivity index (χ2n) is 8.38. The lowest BCUT2D eigenvalue weighted by molar-refractivity contribution is -0.138. The van der Waals surface area contributed by atoms with Crippen molar-refractivity contribution < 1.29 is 33.8 Å². The number of fused-ring (bicyclic) bond motifs is 2. The Labute approximate surface area is 203 Å². The average molecular weight is 514 g/mol. The van der Waals surface area contributed by atoms with Crippen LogP contribution < -0.4 is 11.1 Å². The number of aliphatic carboxylic acids is 1. The van der Waals surface area contributed by atoms with Crippen molar-refractivity contribution in [3.63, 3.8) is 0 Å². The summed E-state index contributed by atoms with van der Waals surface area (Å²) in [6.45, 7) is 1.89. The highest BCUT2D eigenvalue weighted by atomic mass is 31.2. The molecule has 0 bridgehead atoms. The number of aryl methyl sites for hydroxylation is 1. The molecule has 4 rings (SSSR count). The highest BCUT2D eigenvalue weighted by molar-refractivity contribution is 7.51. The number of hydrogen-bond donors (Lipinski definition) is 6. The van der Waals surface area contributed by atoms with Gasteiger partial charge in [0.1, 0.15) is 17.7 Å². The molecule has 0 aliphatic rings. The van der Waals surface area contributed by atoms with Crippen LogP contribution in [-0.2, 0) is 16.4 Å². The second kappa shape index (κ2) is 9.19. The van der Waals surface area contributed by atoms with E-state index in [2.05, 4.69) is 20.3 Å². The number of H-pyrrole nitrogens is 1. The van der Waals surface area contributed by atoms with Crippen LogP contribution in [0.2, 0.25) is 0 Å². The topological polar surface area (TPSA) is 214 Å². The summed E-state index contributed by atoms with van der Waals surface area (Å²) in [6.07, 6.45) is -1.03. The van der Waals surface area contributed by atoms with Crippen LogP contribution in [0, 0.1) is 0 Å². The van der Waals surface area contributed by atoms with Crippen LogP contribution in [-0.4, -0.2) is 64.4 Å². The number of rotatable bonds is 8. The predicted molar refractivity (Wildman–Crippen MR) is 129 cm³/mol. The molecule has 2 aromatic carbocycles. The van der Waals surface area contributed by atoms with E-state index in [-0.39, 0.29) is 11.5 Å². The standard InChI is InChI=1S/C22H23N6O7P/c1-10(19-24-13-5-3-11(18(23)29)7-15(13)25-19)20-26-14-6-4-12(8-17(14)28(20)2)21(30)27-16(22(31)32)9-36(33,34)35/h3-8,10,16H,9H2,1-2H3,(H2,23,29)(H,24,25)(H,27,30)(H,31,32)(H2,33,34,35). The summed E-state index contributed by atoms with van der Waals surface area (Å²) in [5.41, 5.74) is 8.26. The maximum atomic E-state index is 12.6. The third kappa shape index (κ3) is 4.98. The van der Waals surface area contributed by atoms with E-state index in [0.29, 0.717) is 39.3 Å². The van der Waals surface area contributed by atoms with Crippen LogP contribution in [0.5, 0.6) is 0 Å². The Hall–Kier alpha value is -4.06. The molecule has 2 unspecified atom stereocenters. The van der Waals surface area contributed by atoms with Crippen LogP contribution in [0.3, 0.4) is 0 Å². The summed E-state index contributed by atoms with van der Waals surface area (Å²) in [7, 11) is -2.91. The number of carboxylic acid groups (broad SMARTS) is 1. The van der Waals surface area contributed by atoms with E-state index in [9.17, 15) is 24.1 Å². The average Bonchev–Trinajstić information content (AvgIpc) is 3.37. The molecule has 2 atom stereocenters. The Morgan fingerprint density at radius 2 is 1.78 bits per heavy atom. The molecule has 0 aliphatic carbocycles. The number of carbonyl (C=O) groups excluding carboxylic acids is 2. The van der Waals surface area contributed by atoms with Crippen molar-refractivity contribution in [1.82, 2.24) is 24.8 Å². The molecule has 2 amide bonds. The number of imidazole rings is 2. The first kappa shape index (κ1) is 25.0. The lowest BCUT2D eigenvalue weighted by Crippen LogP contribution is -2.43. The molecular formula is C22H23N6O7P. The molecular weight excluding hydrogens is 491 g/mol. The Balaban J connectivity index is 1.63. The van der Waals surface area contributed by atoms with E-state index in [1.54, 1.807) is 35.9 Å². The number of amides is 2. The van der Waals surface area contributed by atoms with Crippen LogP contribution in [0.25, 0.3) is 22.1 Å². The molecule has 0 saturated heterocycles. The monoisotopic (exact) mass is 514 g/mol. The fourth-order valence-corrected chi connectivity index (χ4v) is 4.63. The van der Waals surface area contributed by atoms with E-state index < -0.39 is 37.6 Å². The number of benzene rings is 2. The number of nitrogens with one attached hydrogen (secondary N) is 2. The Morgan fingerprint density at radius 3 is 2.42 bits per heavy atom. The first-order valence-corrected chi connectivity index (χ1v) is 12.5. The largest absolute Gasteiger partial charge is 0.480 e. The molecule has 0 radical (unpaired) electrons. The lowest BCUT2D eigenvalue weighted by atomic mass is 10.1. The normalized spacial score (nSPS) is 13.6. The van der Waals surface area contributed by atoms with Gasteiger partial charge in [-0.25, -0.2) is 14.8 Å². The van der Waals surface area contributed by atoms with Gasteiger partial charge >= 0.3 is 13.6 Å². The van der Waals surface area contributed by atoms with Gasteiger partial charge in [-0.05, 0) is 43.3 Å². The Morgan fingerprint density at radius 1 is 1.11 bits per heavy atom. The summed E-state index contributed by atoms with van der Waals surface area (Å²) in [6, 6.07) is 7.72. The summed E-state index contributed by atoms with van der Waals surface area (Å²) in [5, 5.41) is 11.4. The molecule has 13 nitrogen and oxygen atoms in total. The molecule has 2 heterocycles. The fraction of sp³-hybridized carbons (Fsp3) is 0.227. The van der Waals surface area contributed by atoms with Gasteiger partial charge in [-0.1, -0.05) is 0 Å². The van der Waals surface area contributed by atoms with Crippen LogP contribution in [0.1, 0.15) is 45.2 Å². The van der Waals surface area contributed by atoms with Crippen molar-refractivity contribution in [2.24, 2.45) is 12.8 Å². The molecule has 188 valence electrons. The van der Waals surface area contributed by atoms with Crippen molar-refractivity contribution in [3.8, 4) is 0 Å². The second-order valence-corrected chi connectivity index (χ2v) is 10.1. The fourth-order valence-electron chi connectivity index (χ4n) is 3.91. The first-order valence-electron chi connectivity index (χ1n) is 10.7.